The summed E-state index contributed by atoms with van der Waals surface area (Å²) in [6.07, 6.45) is 3.09. The summed E-state index contributed by atoms with van der Waals surface area (Å²) in [5, 5.41) is 0.356. The molecule has 0 bridgehead atoms. The van der Waals surface area contributed by atoms with Crippen LogP contribution in [0.1, 0.15) is 36.5 Å². The van der Waals surface area contributed by atoms with Crippen molar-refractivity contribution in [3.05, 3.63) is 53.4 Å². The average molecular weight is 400 g/mol. The molecule has 25 heavy (non-hydrogen) atoms. The summed E-state index contributed by atoms with van der Waals surface area (Å²) in [7, 11) is -7.17. The van der Waals surface area contributed by atoms with Crippen LogP contribution in [-0.4, -0.2) is 28.6 Å². The molecule has 1 unspecified atom stereocenters. The van der Waals surface area contributed by atoms with E-state index in [4.69, 9.17) is 0 Å². The van der Waals surface area contributed by atoms with Crippen LogP contribution in [0.15, 0.2) is 52.1 Å². The Balaban J connectivity index is 1.88. The SMILES string of the molecule is O=S(=O)(NCC(c1ccccc1)S(=O)(=O)c1cccs1)C1CCCC1. The van der Waals surface area contributed by atoms with Crippen LogP contribution < -0.4 is 4.72 Å². The molecular formula is C17H21NO4S3. The second-order valence-electron chi connectivity index (χ2n) is 6.18. The van der Waals surface area contributed by atoms with Crippen molar-refractivity contribution < 1.29 is 16.8 Å². The maximum Gasteiger partial charge on any atom is 0.214 e. The number of hydrogen-bond donors (Lipinski definition) is 1. The Labute approximate surface area is 153 Å². The maximum absolute atomic E-state index is 13.0. The zero-order valence-corrected chi connectivity index (χ0v) is 16.1. The van der Waals surface area contributed by atoms with E-state index in [0.29, 0.717) is 18.4 Å². The van der Waals surface area contributed by atoms with Gasteiger partial charge in [-0.3, -0.25) is 0 Å². The summed E-state index contributed by atoms with van der Waals surface area (Å²) in [4.78, 5) is 0. The van der Waals surface area contributed by atoms with Crippen molar-refractivity contribution in [1.82, 2.24) is 4.72 Å². The summed E-state index contributed by atoms with van der Waals surface area (Å²) in [6.45, 7) is -0.150. The Bertz CT molecular complexity index is 885. The fraction of sp³-hybridized carbons (Fsp3) is 0.412. The van der Waals surface area contributed by atoms with Crippen LogP contribution in [0.25, 0.3) is 0 Å². The Morgan fingerprint density at radius 1 is 1.00 bits per heavy atom. The lowest BCUT2D eigenvalue weighted by molar-refractivity contribution is 0.558. The molecule has 1 aliphatic carbocycles. The van der Waals surface area contributed by atoms with Gasteiger partial charge in [0.2, 0.25) is 10.0 Å². The van der Waals surface area contributed by atoms with Gasteiger partial charge in [-0.15, -0.1) is 11.3 Å². The second-order valence-corrected chi connectivity index (χ2v) is 11.5. The fourth-order valence-electron chi connectivity index (χ4n) is 3.15. The van der Waals surface area contributed by atoms with E-state index in [-0.39, 0.29) is 10.8 Å². The van der Waals surface area contributed by atoms with Crippen LogP contribution in [-0.2, 0) is 19.9 Å². The molecule has 1 aromatic carbocycles. The number of sulfonamides is 1. The molecule has 3 rings (SSSR count). The van der Waals surface area contributed by atoms with Crippen LogP contribution in [0, 0.1) is 0 Å². The smallest absolute Gasteiger partial charge is 0.214 e. The van der Waals surface area contributed by atoms with E-state index in [1.165, 1.54) is 0 Å². The lowest BCUT2D eigenvalue weighted by atomic mass is 10.1. The number of nitrogens with one attached hydrogen (secondary N) is 1. The van der Waals surface area contributed by atoms with Gasteiger partial charge in [-0.1, -0.05) is 49.2 Å². The Morgan fingerprint density at radius 2 is 1.68 bits per heavy atom. The van der Waals surface area contributed by atoms with E-state index in [1.54, 1.807) is 47.8 Å². The van der Waals surface area contributed by atoms with Crippen LogP contribution in [0.4, 0.5) is 0 Å². The van der Waals surface area contributed by atoms with Crippen LogP contribution in [0.2, 0.25) is 0 Å². The lowest BCUT2D eigenvalue weighted by Gasteiger charge is -2.20. The van der Waals surface area contributed by atoms with E-state index in [2.05, 4.69) is 4.72 Å². The van der Waals surface area contributed by atoms with E-state index in [1.807, 2.05) is 0 Å². The number of hydrogen-bond acceptors (Lipinski definition) is 5. The summed E-state index contributed by atoms with van der Waals surface area (Å²) < 4.78 is 53.8. The van der Waals surface area contributed by atoms with Crippen LogP contribution >= 0.6 is 11.3 Å². The number of sulfone groups is 1. The van der Waals surface area contributed by atoms with Crippen molar-refractivity contribution in [2.24, 2.45) is 0 Å². The summed E-state index contributed by atoms with van der Waals surface area (Å²) in [5.74, 6) is 0. The zero-order valence-electron chi connectivity index (χ0n) is 13.7. The number of rotatable bonds is 7. The summed E-state index contributed by atoms with van der Waals surface area (Å²) in [6, 6.07) is 12.0. The Morgan fingerprint density at radius 3 is 2.28 bits per heavy atom. The number of thiophene rings is 1. The molecule has 1 saturated carbocycles. The minimum Gasteiger partial charge on any atom is -0.222 e. The highest BCUT2D eigenvalue weighted by Gasteiger charge is 2.34. The first-order chi connectivity index (χ1) is 11.9. The molecule has 1 N–H and O–H groups in total. The molecule has 0 spiro atoms. The molecule has 1 aliphatic rings. The third-order valence-electron chi connectivity index (χ3n) is 4.53. The number of benzene rings is 1. The van der Waals surface area contributed by atoms with Crippen molar-refractivity contribution in [2.45, 2.75) is 40.4 Å². The molecule has 136 valence electrons. The topological polar surface area (TPSA) is 80.3 Å². The van der Waals surface area contributed by atoms with Gasteiger partial charge in [-0.25, -0.2) is 21.6 Å². The third-order valence-corrected chi connectivity index (χ3v) is 9.98. The Kier molecular flexibility index (Phi) is 5.62. The minimum atomic E-state index is -3.67. The van der Waals surface area contributed by atoms with E-state index in [0.717, 1.165) is 24.2 Å². The standard InChI is InChI=1S/C17H21NO4S3/c19-24(20,17-11-6-12-23-17)16(14-7-2-1-3-8-14)13-18-25(21,22)15-9-4-5-10-15/h1-3,6-8,11-12,15-16,18H,4-5,9-10,13H2. The van der Waals surface area contributed by atoms with Gasteiger partial charge >= 0.3 is 0 Å². The minimum absolute atomic E-state index is 0.150. The predicted octanol–water partition coefficient (Wildman–Crippen LogP) is 3.13. The highest BCUT2D eigenvalue weighted by Crippen LogP contribution is 2.32. The van der Waals surface area contributed by atoms with E-state index < -0.39 is 30.4 Å². The molecule has 1 aromatic heterocycles. The van der Waals surface area contributed by atoms with Gasteiger partial charge < -0.3 is 0 Å². The highest BCUT2D eigenvalue weighted by atomic mass is 32.2. The molecule has 5 nitrogen and oxygen atoms in total. The molecule has 0 saturated heterocycles. The molecule has 0 aliphatic heterocycles. The fourth-order valence-corrected chi connectivity index (χ4v) is 7.71. The van der Waals surface area contributed by atoms with Crippen molar-refractivity contribution >= 4 is 31.2 Å². The van der Waals surface area contributed by atoms with Gasteiger partial charge in [0, 0.05) is 6.54 Å². The first-order valence-corrected chi connectivity index (χ1v) is 12.2. The van der Waals surface area contributed by atoms with Gasteiger partial charge in [0.15, 0.2) is 9.84 Å². The molecule has 1 atom stereocenters. The van der Waals surface area contributed by atoms with Crippen molar-refractivity contribution in [1.29, 1.82) is 0 Å². The largest absolute Gasteiger partial charge is 0.222 e. The van der Waals surface area contributed by atoms with Crippen LogP contribution in [0.3, 0.4) is 0 Å². The molecule has 2 aromatic rings. The summed E-state index contributed by atoms with van der Waals surface area (Å²) in [5.41, 5.74) is 0.588. The van der Waals surface area contributed by atoms with Crippen molar-refractivity contribution in [3.63, 3.8) is 0 Å². The average Bonchev–Trinajstić information content (AvgIpc) is 3.30. The Hall–Kier alpha value is -1.22. The maximum atomic E-state index is 13.0. The van der Waals surface area contributed by atoms with Crippen molar-refractivity contribution in [3.8, 4) is 0 Å². The summed E-state index contributed by atoms with van der Waals surface area (Å²) >= 11 is 1.15. The molecule has 1 fully saturated rings. The third kappa shape index (κ3) is 4.13. The van der Waals surface area contributed by atoms with E-state index >= 15 is 0 Å². The van der Waals surface area contributed by atoms with Gasteiger partial charge in [0.25, 0.3) is 0 Å². The first kappa shape index (κ1) is 18.6. The van der Waals surface area contributed by atoms with Gasteiger partial charge in [0.05, 0.1) is 5.25 Å². The van der Waals surface area contributed by atoms with Crippen LogP contribution in [0.5, 0.6) is 0 Å². The normalized spacial score (nSPS) is 17.6. The molecular weight excluding hydrogens is 378 g/mol. The second kappa shape index (κ2) is 7.57. The van der Waals surface area contributed by atoms with Gasteiger partial charge in [-0.05, 0) is 29.9 Å². The van der Waals surface area contributed by atoms with Gasteiger partial charge in [-0.2, -0.15) is 0 Å². The van der Waals surface area contributed by atoms with E-state index in [9.17, 15) is 16.8 Å². The molecule has 0 radical (unpaired) electrons. The first-order valence-electron chi connectivity index (χ1n) is 8.22. The molecule has 8 heteroatoms. The highest BCUT2D eigenvalue weighted by molar-refractivity contribution is 7.93. The molecule has 0 amide bonds. The van der Waals surface area contributed by atoms with Crippen molar-refractivity contribution in [2.75, 3.05) is 6.54 Å². The molecule has 1 heterocycles. The zero-order chi connectivity index (χ0) is 17.9. The quantitative estimate of drug-likeness (QED) is 0.776. The predicted molar refractivity (Wildman–Crippen MR) is 99.9 cm³/mol. The lowest BCUT2D eigenvalue weighted by Crippen LogP contribution is -2.37. The monoisotopic (exact) mass is 399 g/mol. The van der Waals surface area contributed by atoms with Gasteiger partial charge in [0.1, 0.15) is 9.46 Å².